The summed E-state index contributed by atoms with van der Waals surface area (Å²) in [6.45, 7) is 2.13. The van der Waals surface area contributed by atoms with Gasteiger partial charge in [-0.3, -0.25) is 14.7 Å². The fraction of sp³-hybridized carbons (Fsp3) is 0.389. The molecule has 1 aromatic heterocycles. The van der Waals surface area contributed by atoms with Crippen molar-refractivity contribution in [2.45, 2.75) is 32.6 Å². The molecule has 1 saturated carbocycles. The molecule has 1 aliphatic rings. The fourth-order valence-electron chi connectivity index (χ4n) is 2.52. The van der Waals surface area contributed by atoms with E-state index in [9.17, 15) is 9.59 Å². The first-order chi connectivity index (χ1) is 11.7. The summed E-state index contributed by atoms with van der Waals surface area (Å²) in [5.74, 6) is 0.235. The molecule has 1 heterocycles. The van der Waals surface area contributed by atoms with Crippen LogP contribution in [0.1, 0.15) is 31.7 Å². The second-order valence-corrected chi connectivity index (χ2v) is 6.15. The Morgan fingerprint density at radius 2 is 2.00 bits per heavy atom. The molecule has 1 fully saturated rings. The summed E-state index contributed by atoms with van der Waals surface area (Å²) >= 11 is 0. The Balaban J connectivity index is 1.54. The summed E-state index contributed by atoms with van der Waals surface area (Å²) in [6, 6.07) is 10.1. The molecule has 2 aromatic rings. The van der Waals surface area contributed by atoms with E-state index in [1.165, 1.54) is 5.56 Å². The number of aryl methyl sites for hydroxylation is 1. The molecule has 3 rings (SSSR count). The summed E-state index contributed by atoms with van der Waals surface area (Å²) < 4.78 is 0. The molecular weight excluding hydrogens is 304 g/mol. The molecule has 0 atom stereocenters. The van der Waals surface area contributed by atoms with Crippen molar-refractivity contribution in [3.63, 3.8) is 0 Å². The lowest BCUT2D eigenvalue weighted by atomic mass is 10.1. The fourth-order valence-corrected chi connectivity index (χ4v) is 2.52. The minimum atomic E-state index is -0.277. The number of aromatic nitrogens is 2. The Labute approximate surface area is 141 Å². The highest BCUT2D eigenvalue weighted by Gasteiger charge is 2.29. The third-order valence-corrected chi connectivity index (χ3v) is 4.02. The summed E-state index contributed by atoms with van der Waals surface area (Å²) in [5, 5.41) is 12.3. The van der Waals surface area contributed by atoms with Crippen molar-refractivity contribution in [3.05, 3.63) is 35.9 Å². The van der Waals surface area contributed by atoms with Gasteiger partial charge in [0.1, 0.15) is 0 Å². The van der Waals surface area contributed by atoms with E-state index >= 15 is 0 Å². The largest absolute Gasteiger partial charge is 0.347 e. The minimum absolute atomic E-state index is 0.0246. The number of hydrogen-bond acceptors (Lipinski definition) is 3. The predicted octanol–water partition coefficient (Wildman–Crippen LogP) is 2.49. The summed E-state index contributed by atoms with van der Waals surface area (Å²) in [5.41, 5.74) is 3.17. The van der Waals surface area contributed by atoms with Crippen molar-refractivity contribution in [3.8, 4) is 11.3 Å². The van der Waals surface area contributed by atoms with Gasteiger partial charge < -0.3 is 10.6 Å². The molecule has 1 aromatic carbocycles. The maximum absolute atomic E-state index is 11.8. The second kappa shape index (κ2) is 7.29. The van der Waals surface area contributed by atoms with E-state index in [4.69, 9.17) is 0 Å². The summed E-state index contributed by atoms with van der Waals surface area (Å²) in [7, 11) is 0. The first-order valence-corrected chi connectivity index (χ1v) is 8.38. The number of nitrogens with zero attached hydrogens (tertiary/aromatic N) is 1. The normalized spacial score (nSPS) is 13.5. The van der Waals surface area contributed by atoms with Crippen LogP contribution >= 0.6 is 0 Å². The SMILES string of the molecule is CCCc1ccc(-c2cc(NC(=O)CNC(=O)C3CC3)n[nH]2)cc1. The Bertz CT molecular complexity index is 717. The van der Waals surface area contributed by atoms with Gasteiger partial charge in [-0.05, 0) is 30.4 Å². The predicted molar refractivity (Wildman–Crippen MR) is 92.4 cm³/mol. The van der Waals surface area contributed by atoms with Gasteiger partial charge in [0.2, 0.25) is 11.8 Å². The number of H-pyrrole nitrogens is 1. The van der Waals surface area contributed by atoms with Crippen LogP contribution in [0.4, 0.5) is 5.82 Å². The van der Waals surface area contributed by atoms with E-state index in [1.54, 1.807) is 6.07 Å². The molecule has 0 saturated heterocycles. The van der Waals surface area contributed by atoms with Crippen LogP contribution in [0.2, 0.25) is 0 Å². The lowest BCUT2D eigenvalue weighted by molar-refractivity contribution is -0.125. The number of hydrogen-bond donors (Lipinski definition) is 3. The second-order valence-electron chi connectivity index (χ2n) is 6.15. The van der Waals surface area contributed by atoms with Crippen LogP contribution in [-0.2, 0) is 16.0 Å². The average Bonchev–Trinajstić information content (AvgIpc) is 3.34. The lowest BCUT2D eigenvalue weighted by Crippen LogP contribution is -2.33. The molecule has 0 unspecified atom stereocenters. The lowest BCUT2D eigenvalue weighted by Gasteiger charge is -2.03. The van der Waals surface area contributed by atoms with Crippen LogP contribution in [0.15, 0.2) is 30.3 Å². The van der Waals surface area contributed by atoms with Crippen molar-refractivity contribution in [1.29, 1.82) is 0 Å². The van der Waals surface area contributed by atoms with Gasteiger partial charge in [-0.15, -0.1) is 0 Å². The summed E-state index contributed by atoms with van der Waals surface area (Å²) in [6.07, 6.45) is 4.04. The first-order valence-electron chi connectivity index (χ1n) is 8.38. The number of amides is 2. The number of rotatable bonds is 7. The number of benzene rings is 1. The Kier molecular flexibility index (Phi) is 4.93. The van der Waals surface area contributed by atoms with Crippen LogP contribution in [0.5, 0.6) is 0 Å². The van der Waals surface area contributed by atoms with Crippen LogP contribution in [0.25, 0.3) is 11.3 Å². The van der Waals surface area contributed by atoms with E-state index in [1.807, 2.05) is 12.1 Å². The topological polar surface area (TPSA) is 86.9 Å². The van der Waals surface area contributed by atoms with Gasteiger partial charge in [0.05, 0.1) is 12.2 Å². The molecule has 126 valence electrons. The zero-order valence-electron chi connectivity index (χ0n) is 13.8. The van der Waals surface area contributed by atoms with Gasteiger partial charge in [-0.2, -0.15) is 5.10 Å². The molecule has 3 N–H and O–H groups in total. The first kappa shape index (κ1) is 16.2. The zero-order valence-corrected chi connectivity index (χ0v) is 13.8. The van der Waals surface area contributed by atoms with Crippen molar-refractivity contribution < 1.29 is 9.59 Å². The highest BCUT2D eigenvalue weighted by atomic mass is 16.2. The summed E-state index contributed by atoms with van der Waals surface area (Å²) in [4.78, 5) is 23.4. The Hall–Kier alpha value is -2.63. The van der Waals surface area contributed by atoms with Crippen molar-refractivity contribution in [2.24, 2.45) is 5.92 Å². The molecule has 2 amide bonds. The van der Waals surface area contributed by atoms with Crippen molar-refractivity contribution in [1.82, 2.24) is 15.5 Å². The monoisotopic (exact) mass is 326 g/mol. The van der Waals surface area contributed by atoms with Gasteiger partial charge in [0, 0.05) is 12.0 Å². The van der Waals surface area contributed by atoms with Gasteiger partial charge in [-0.1, -0.05) is 37.6 Å². The van der Waals surface area contributed by atoms with E-state index in [-0.39, 0.29) is 24.3 Å². The minimum Gasteiger partial charge on any atom is -0.347 e. The van der Waals surface area contributed by atoms with Crippen LogP contribution in [-0.4, -0.2) is 28.6 Å². The molecule has 1 aliphatic carbocycles. The number of anilines is 1. The third-order valence-electron chi connectivity index (χ3n) is 4.02. The molecular formula is C18H22N4O2. The molecule has 0 aliphatic heterocycles. The smallest absolute Gasteiger partial charge is 0.244 e. The van der Waals surface area contributed by atoms with Crippen molar-refractivity contribution in [2.75, 3.05) is 11.9 Å². The standard InChI is InChI=1S/C18H22N4O2/c1-2-3-12-4-6-13(7-5-12)15-10-16(22-21-15)20-17(23)11-19-18(24)14-8-9-14/h4-7,10,14H,2-3,8-9,11H2,1H3,(H,19,24)(H2,20,21,22,23). The molecule has 0 bridgehead atoms. The van der Waals surface area contributed by atoms with Gasteiger partial charge in [0.25, 0.3) is 0 Å². The number of nitrogens with one attached hydrogen (secondary N) is 3. The third kappa shape index (κ3) is 4.22. The molecule has 6 heteroatoms. The average molecular weight is 326 g/mol. The number of carbonyl (C=O) groups excluding carboxylic acids is 2. The quantitative estimate of drug-likeness (QED) is 0.730. The highest BCUT2D eigenvalue weighted by Crippen LogP contribution is 2.28. The molecule has 6 nitrogen and oxygen atoms in total. The number of carbonyl (C=O) groups is 2. The Morgan fingerprint density at radius 3 is 2.67 bits per heavy atom. The maximum atomic E-state index is 11.8. The molecule has 0 spiro atoms. The van der Waals surface area contributed by atoms with Crippen LogP contribution < -0.4 is 10.6 Å². The Morgan fingerprint density at radius 1 is 1.25 bits per heavy atom. The zero-order chi connectivity index (χ0) is 16.9. The molecule has 0 radical (unpaired) electrons. The van der Waals surface area contributed by atoms with E-state index in [2.05, 4.69) is 39.9 Å². The van der Waals surface area contributed by atoms with Crippen molar-refractivity contribution >= 4 is 17.6 Å². The van der Waals surface area contributed by atoms with E-state index < -0.39 is 0 Å². The van der Waals surface area contributed by atoms with Crippen LogP contribution in [0.3, 0.4) is 0 Å². The van der Waals surface area contributed by atoms with Gasteiger partial charge in [0.15, 0.2) is 5.82 Å². The van der Waals surface area contributed by atoms with Crippen LogP contribution in [0, 0.1) is 5.92 Å². The van der Waals surface area contributed by atoms with E-state index in [0.717, 1.165) is 36.9 Å². The number of aromatic amines is 1. The maximum Gasteiger partial charge on any atom is 0.244 e. The van der Waals surface area contributed by atoms with Gasteiger partial charge in [-0.25, -0.2) is 0 Å². The molecule has 24 heavy (non-hydrogen) atoms. The van der Waals surface area contributed by atoms with E-state index in [0.29, 0.717) is 5.82 Å². The van der Waals surface area contributed by atoms with Gasteiger partial charge >= 0.3 is 0 Å². The highest BCUT2D eigenvalue weighted by molar-refractivity contribution is 5.94.